The molecule has 25 heavy (non-hydrogen) atoms. The number of pyridine rings is 1. The van der Waals surface area contributed by atoms with E-state index in [2.05, 4.69) is 9.55 Å². The van der Waals surface area contributed by atoms with E-state index >= 15 is 0 Å². The van der Waals surface area contributed by atoms with Gasteiger partial charge in [0, 0.05) is 29.5 Å². The summed E-state index contributed by atoms with van der Waals surface area (Å²) in [6, 6.07) is 5.79. The molecule has 1 saturated heterocycles. The summed E-state index contributed by atoms with van der Waals surface area (Å²) >= 11 is 6.19. The molecule has 1 aliphatic heterocycles. The summed E-state index contributed by atoms with van der Waals surface area (Å²) in [6.45, 7) is 3.41. The largest absolute Gasteiger partial charge is 0.548 e. The lowest BCUT2D eigenvalue weighted by molar-refractivity contribution is -0.305. The molecule has 0 saturated carbocycles. The van der Waals surface area contributed by atoms with Crippen molar-refractivity contribution in [3.05, 3.63) is 52.4 Å². The van der Waals surface area contributed by atoms with Crippen molar-refractivity contribution in [3.63, 3.8) is 0 Å². The first-order valence-corrected chi connectivity index (χ1v) is 8.65. The molecule has 1 aliphatic rings. The van der Waals surface area contributed by atoms with Gasteiger partial charge >= 0.3 is 0 Å². The molecular formula is C17H14N3O3S2-. The Morgan fingerprint density at radius 3 is 2.68 bits per heavy atom. The molecule has 2 aromatic rings. The molecule has 2 aromatic heterocycles. The third-order valence-electron chi connectivity index (χ3n) is 3.84. The van der Waals surface area contributed by atoms with Crippen LogP contribution in [0.15, 0.2) is 35.5 Å². The van der Waals surface area contributed by atoms with Crippen LogP contribution >= 0.6 is 24.0 Å². The number of thioether (sulfide) groups is 1. The van der Waals surface area contributed by atoms with Crippen molar-refractivity contribution in [2.45, 2.75) is 13.8 Å². The summed E-state index contributed by atoms with van der Waals surface area (Å²) < 4.78 is 2.29. The first-order chi connectivity index (χ1) is 11.9. The first-order valence-electron chi connectivity index (χ1n) is 7.43. The van der Waals surface area contributed by atoms with Crippen LogP contribution in [-0.4, -0.2) is 37.2 Å². The average Bonchev–Trinajstić information content (AvgIpc) is 2.99. The number of rotatable bonds is 4. The second kappa shape index (κ2) is 6.81. The molecule has 0 N–H and O–H groups in total. The second-order valence-electron chi connectivity index (χ2n) is 5.51. The van der Waals surface area contributed by atoms with E-state index in [0.717, 1.165) is 39.3 Å². The van der Waals surface area contributed by atoms with Crippen LogP contribution in [0.2, 0.25) is 0 Å². The number of amides is 1. The van der Waals surface area contributed by atoms with Crippen molar-refractivity contribution in [2.24, 2.45) is 0 Å². The normalized spacial score (nSPS) is 16.1. The van der Waals surface area contributed by atoms with E-state index in [4.69, 9.17) is 12.2 Å². The van der Waals surface area contributed by atoms with E-state index in [1.165, 1.54) is 0 Å². The predicted octanol–water partition coefficient (Wildman–Crippen LogP) is 1.44. The third kappa shape index (κ3) is 3.35. The highest BCUT2D eigenvalue weighted by Crippen LogP contribution is 2.33. The second-order valence-corrected chi connectivity index (χ2v) is 7.18. The highest BCUT2D eigenvalue weighted by Gasteiger charge is 2.32. The van der Waals surface area contributed by atoms with Gasteiger partial charge in [0.15, 0.2) is 0 Å². The Hall–Kier alpha value is -2.45. The fourth-order valence-corrected chi connectivity index (χ4v) is 3.98. The van der Waals surface area contributed by atoms with Gasteiger partial charge < -0.3 is 14.5 Å². The number of thiocarbonyl (C=S) groups is 1. The molecule has 0 bridgehead atoms. The van der Waals surface area contributed by atoms with Gasteiger partial charge in [-0.15, -0.1) is 0 Å². The summed E-state index contributed by atoms with van der Waals surface area (Å²) in [7, 11) is 0. The number of aliphatic carboxylic acids is 1. The zero-order valence-electron chi connectivity index (χ0n) is 13.6. The first kappa shape index (κ1) is 17.4. The van der Waals surface area contributed by atoms with Gasteiger partial charge in [0.25, 0.3) is 5.91 Å². The maximum absolute atomic E-state index is 12.4. The summed E-state index contributed by atoms with van der Waals surface area (Å²) in [5.74, 6) is -1.75. The smallest absolute Gasteiger partial charge is 0.266 e. The molecular weight excluding hydrogens is 358 g/mol. The van der Waals surface area contributed by atoms with E-state index in [-0.39, 0.29) is 4.32 Å². The van der Waals surface area contributed by atoms with E-state index < -0.39 is 18.4 Å². The highest BCUT2D eigenvalue weighted by molar-refractivity contribution is 8.26. The maximum atomic E-state index is 12.4. The number of aromatic nitrogens is 2. The van der Waals surface area contributed by atoms with Gasteiger partial charge in [-0.25, -0.2) is 0 Å². The predicted molar refractivity (Wildman–Crippen MR) is 97.9 cm³/mol. The van der Waals surface area contributed by atoms with E-state index in [1.807, 2.05) is 32.0 Å². The standard InChI is InChI=1S/C17H15N3O3S2/c1-10-7-12(11(2)20(10)13-3-5-18-6-4-13)8-14-16(23)19(9-15(21)22)17(24)25-14/h3-8H,9H2,1-2H3,(H,21,22)/p-1. The Bertz CT molecular complexity index is 903. The Kier molecular flexibility index (Phi) is 4.73. The minimum atomic E-state index is -1.34. The fraction of sp³-hybridized carbons (Fsp3) is 0.176. The zero-order valence-corrected chi connectivity index (χ0v) is 15.2. The number of carbonyl (C=O) groups is 2. The number of hydrogen-bond acceptors (Lipinski definition) is 6. The van der Waals surface area contributed by atoms with E-state index in [0.29, 0.717) is 4.91 Å². The molecule has 0 atom stereocenters. The van der Waals surface area contributed by atoms with Crippen molar-refractivity contribution in [1.82, 2.24) is 14.5 Å². The number of aryl methyl sites for hydroxylation is 1. The lowest BCUT2D eigenvalue weighted by Gasteiger charge is -2.14. The van der Waals surface area contributed by atoms with Crippen molar-refractivity contribution in [1.29, 1.82) is 0 Å². The highest BCUT2D eigenvalue weighted by atomic mass is 32.2. The van der Waals surface area contributed by atoms with Crippen LogP contribution in [0.4, 0.5) is 0 Å². The Balaban J connectivity index is 1.97. The third-order valence-corrected chi connectivity index (χ3v) is 5.22. The van der Waals surface area contributed by atoms with Crippen molar-refractivity contribution < 1.29 is 14.7 Å². The molecule has 3 heterocycles. The van der Waals surface area contributed by atoms with E-state index in [9.17, 15) is 14.7 Å². The lowest BCUT2D eigenvalue weighted by Crippen LogP contribution is -2.40. The van der Waals surface area contributed by atoms with Crippen LogP contribution in [0.25, 0.3) is 11.8 Å². The molecule has 128 valence electrons. The van der Waals surface area contributed by atoms with Crippen LogP contribution in [0, 0.1) is 13.8 Å². The molecule has 1 fully saturated rings. The van der Waals surface area contributed by atoms with Gasteiger partial charge in [-0.05, 0) is 43.7 Å². The number of carbonyl (C=O) groups excluding carboxylic acids is 2. The molecule has 8 heteroatoms. The fourth-order valence-electron chi connectivity index (χ4n) is 2.73. The summed E-state index contributed by atoms with van der Waals surface area (Å²) in [4.78, 5) is 28.6. The topological polar surface area (TPSA) is 78.3 Å². The molecule has 0 spiro atoms. The van der Waals surface area contributed by atoms with Crippen LogP contribution in [0.3, 0.4) is 0 Å². The molecule has 3 rings (SSSR count). The summed E-state index contributed by atoms with van der Waals surface area (Å²) in [5, 5.41) is 10.8. The summed E-state index contributed by atoms with van der Waals surface area (Å²) in [5.41, 5.74) is 3.84. The molecule has 0 radical (unpaired) electrons. The van der Waals surface area contributed by atoms with E-state index in [1.54, 1.807) is 18.5 Å². The van der Waals surface area contributed by atoms with Crippen LogP contribution in [0.5, 0.6) is 0 Å². The number of carboxylic acids is 1. The van der Waals surface area contributed by atoms with Crippen molar-refractivity contribution in [2.75, 3.05) is 6.54 Å². The minimum absolute atomic E-state index is 0.225. The molecule has 0 unspecified atom stereocenters. The molecule has 0 aliphatic carbocycles. The molecule has 6 nitrogen and oxygen atoms in total. The Morgan fingerprint density at radius 1 is 1.36 bits per heavy atom. The van der Waals surface area contributed by atoms with Gasteiger partial charge in [0.05, 0.1) is 17.4 Å². The maximum Gasteiger partial charge on any atom is 0.266 e. The minimum Gasteiger partial charge on any atom is -0.548 e. The average molecular weight is 372 g/mol. The van der Waals surface area contributed by atoms with Crippen LogP contribution < -0.4 is 5.11 Å². The van der Waals surface area contributed by atoms with Gasteiger partial charge in [-0.2, -0.15) is 0 Å². The molecule has 1 amide bonds. The summed E-state index contributed by atoms with van der Waals surface area (Å²) in [6.07, 6.45) is 5.19. The number of nitrogens with zero attached hydrogens (tertiary/aromatic N) is 3. The zero-order chi connectivity index (χ0) is 18.1. The SMILES string of the molecule is Cc1cc(C=C2SC(=S)N(CC(=O)[O-])C2=O)c(C)n1-c1ccncc1. The van der Waals surface area contributed by atoms with Crippen molar-refractivity contribution >= 4 is 46.3 Å². The van der Waals surface area contributed by atoms with Crippen LogP contribution in [-0.2, 0) is 9.59 Å². The number of hydrogen-bond donors (Lipinski definition) is 0. The van der Waals surface area contributed by atoms with Crippen molar-refractivity contribution in [3.8, 4) is 5.69 Å². The quantitative estimate of drug-likeness (QED) is 0.597. The van der Waals surface area contributed by atoms with Gasteiger partial charge in [0.2, 0.25) is 0 Å². The monoisotopic (exact) mass is 372 g/mol. The lowest BCUT2D eigenvalue weighted by atomic mass is 10.2. The van der Waals surface area contributed by atoms with Crippen LogP contribution in [0.1, 0.15) is 17.0 Å². The Labute approximate surface area is 154 Å². The number of carboxylic acid groups (broad SMARTS) is 1. The van der Waals surface area contributed by atoms with Gasteiger partial charge in [-0.1, -0.05) is 24.0 Å². The van der Waals surface area contributed by atoms with Gasteiger partial charge in [-0.3, -0.25) is 14.7 Å². The Morgan fingerprint density at radius 2 is 2.04 bits per heavy atom. The molecule has 0 aromatic carbocycles. The van der Waals surface area contributed by atoms with Gasteiger partial charge in [0.1, 0.15) is 4.32 Å².